The Balaban J connectivity index is 1.68. The van der Waals surface area contributed by atoms with Crippen LogP contribution in [0, 0.1) is 6.92 Å². The predicted octanol–water partition coefficient (Wildman–Crippen LogP) is 2.15. The summed E-state index contributed by atoms with van der Waals surface area (Å²) in [6, 6.07) is 8.32. The van der Waals surface area contributed by atoms with E-state index >= 15 is 0 Å². The van der Waals surface area contributed by atoms with E-state index in [0.717, 1.165) is 12.1 Å². The number of benzene rings is 1. The molecule has 0 saturated heterocycles. The Bertz CT molecular complexity index is 656. The first-order valence-corrected chi connectivity index (χ1v) is 5.88. The van der Waals surface area contributed by atoms with Crippen molar-refractivity contribution in [3.05, 3.63) is 47.7 Å². The van der Waals surface area contributed by atoms with E-state index < -0.39 is 0 Å². The molecule has 18 heavy (non-hydrogen) atoms. The summed E-state index contributed by atoms with van der Waals surface area (Å²) >= 11 is 0. The Hall–Kier alpha value is -2.14. The number of aromatic amines is 1. The summed E-state index contributed by atoms with van der Waals surface area (Å²) in [7, 11) is 0. The van der Waals surface area contributed by atoms with E-state index in [1.54, 1.807) is 6.92 Å². The molecule has 0 aliphatic carbocycles. The normalized spacial score (nSPS) is 11.2. The molecule has 0 aliphatic rings. The molecule has 1 aromatic carbocycles. The molecule has 0 unspecified atom stereocenters. The van der Waals surface area contributed by atoms with Gasteiger partial charge in [0.1, 0.15) is 0 Å². The second kappa shape index (κ2) is 4.62. The molecule has 0 bridgehead atoms. The molecule has 2 heterocycles. The molecule has 0 aliphatic heterocycles. The van der Waals surface area contributed by atoms with Crippen molar-refractivity contribution in [2.75, 3.05) is 0 Å². The third-order valence-corrected chi connectivity index (χ3v) is 2.85. The van der Waals surface area contributed by atoms with Crippen molar-refractivity contribution >= 4 is 10.9 Å². The summed E-state index contributed by atoms with van der Waals surface area (Å²) < 4.78 is 4.92. The van der Waals surface area contributed by atoms with Crippen LogP contribution in [0.5, 0.6) is 0 Å². The molecule has 0 amide bonds. The highest BCUT2D eigenvalue weighted by molar-refractivity contribution is 5.82. The molecule has 3 aromatic rings. The van der Waals surface area contributed by atoms with Crippen LogP contribution in [0.3, 0.4) is 0 Å². The van der Waals surface area contributed by atoms with Crippen LogP contribution in [0.1, 0.15) is 17.3 Å². The molecule has 0 atom stereocenters. The van der Waals surface area contributed by atoms with Crippen LogP contribution in [0.15, 0.2) is 35.0 Å². The monoisotopic (exact) mass is 242 g/mol. The summed E-state index contributed by atoms with van der Waals surface area (Å²) in [4.78, 5) is 7.35. The second-order valence-corrected chi connectivity index (χ2v) is 4.19. The van der Waals surface area contributed by atoms with Gasteiger partial charge in [-0.15, -0.1) is 0 Å². The summed E-state index contributed by atoms with van der Waals surface area (Å²) in [6.45, 7) is 3.18. The molecular weight excluding hydrogens is 228 g/mol. The molecule has 92 valence electrons. The minimum absolute atomic E-state index is 0.597. The van der Waals surface area contributed by atoms with Crippen LogP contribution < -0.4 is 5.32 Å². The second-order valence-electron chi connectivity index (χ2n) is 4.19. The van der Waals surface area contributed by atoms with Crippen molar-refractivity contribution in [1.29, 1.82) is 0 Å². The van der Waals surface area contributed by atoms with Gasteiger partial charge in [0.2, 0.25) is 5.89 Å². The molecule has 3 rings (SSSR count). The van der Waals surface area contributed by atoms with Crippen LogP contribution in [-0.2, 0) is 13.1 Å². The summed E-state index contributed by atoms with van der Waals surface area (Å²) in [5.41, 5.74) is 2.42. The van der Waals surface area contributed by atoms with Gasteiger partial charge in [0, 0.05) is 30.6 Å². The van der Waals surface area contributed by atoms with Crippen molar-refractivity contribution < 1.29 is 4.52 Å². The minimum Gasteiger partial charge on any atom is -0.361 e. The van der Waals surface area contributed by atoms with Crippen molar-refractivity contribution in [2.45, 2.75) is 20.0 Å². The zero-order valence-electron chi connectivity index (χ0n) is 10.1. The summed E-state index contributed by atoms with van der Waals surface area (Å²) in [5, 5.41) is 8.40. The van der Waals surface area contributed by atoms with Gasteiger partial charge in [0.15, 0.2) is 5.82 Å². The number of hydrogen-bond acceptors (Lipinski definition) is 4. The van der Waals surface area contributed by atoms with Crippen LogP contribution in [0.2, 0.25) is 0 Å². The van der Waals surface area contributed by atoms with Gasteiger partial charge < -0.3 is 14.8 Å². The van der Waals surface area contributed by atoms with E-state index in [2.05, 4.69) is 38.6 Å². The van der Waals surface area contributed by atoms with Gasteiger partial charge in [0.25, 0.3) is 0 Å². The maximum atomic E-state index is 4.92. The molecule has 0 fully saturated rings. The highest BCUT2D eigenvalue weighted by Crippen LogP contribution is 2.17. The lowest BCUT2D eigenvalue weighted by Crippen LogP contribution is -2.13. The first-order chi connectivity index (χ1) is 8.83. The third kappa shape index (κ3) is 2.12. The minimum atomic E-state index is 0.597. The van der Waals surface area contributed by atoms with Gasteiger partial charge in [-0.1, -0.05) is 17.3 Å². The summed E-state index contributed by atoms with van der Waals surface area (Å²) in [6.07, 6.45) is 1.96. The standard InChI is InChI=1S/C13H14N4O/c1-9-16-13(17-18-9)8-14-7-10-3-2-4-12-11(10)5-6-15-12/h2-6,14-15H,7-8H2,1H3. The van der Waals surface area contributed by atoms with Gasteiger partial charge in [-0.25, -0.2) is 0 Å². The fraction of sp³-hybridized carbons (Fsp3) is 0.231. The highest BCUT2D eigenvalue weighted by atomic mass is 16.5. The van der Waals surface area contributed by atoms with Crippen LogP contribution in [0.4, 0.5) is 0 Å². The van der Waals surface area contributed by atoms with E-state index in [0.29, 0.717) is 18.3 Å². The number of fused-ring (bicyclic) bond motifs is 1. The van der Waals surface area contributed by atoms with E-state index in [9.17, 15) is 0 Å². The molecule has 0 saturated carbocycles. The molecule has 0 spiro atoms. The average molecular weight is 242 g/mol. The smallest absolute Gasteiger partial charge is 0.223 e. The first kappa shape index (κ1) is 11.0. The lowest BCUT2D eigenvalue weighted by Gasteiger charge is -2.04. The Morgan fingerprint density at radius 3 is 3.06 bits per heavy atom. The van der Waals surface area contributed by atoms with Gasteiger partial charge >= 0.3 is 0 Å². The predicted molar refractivity (Wildman–Crippen MR) is 67.9 cm³/mol. The number of nitrogens with one attached hydrogen (secondary N) is 2. The first-order valence-electron chi connectivity index (χ1n) is 5.88. The van der Waals surface area contributed by atoms with E-state index in [1.165, 1.54) is 10.9 Å². The number of H-pyrrole nitrogens is 1. The van der Waals surface area contributed by atoms with Crippen molar-refractivity contribution in [3.63, 3.8) is 0 Å². The summed E-state index contributed by atoms with van der Waals surface area (Å²) in [5.74, 6) is 1.29. The van der Waals surface area contributed by atoms with E-state index in [4.69, 9.17) is 4.52 Å². The molecule has 2 N–H and O–H groups in total. The fourth-order valence-electron chi connectivity index (χ4n) is 2.03. The SMILES string of the molecule is Cc1nc(CNCc2cccc3[nH]ccc23)no1. The van der Waals surface area contributed by atoms with Gasteiger partial charge in [-0.3, -0.25) is 0 Å². The van der Waals surface area contributed by atoms with Crippen LogP contribution >= 0.6 is 0 Å². The zero-order valence-corrected chi connectivity index (χ0v) is 10.1. The number of hydrogen-bond donors (Lipinski definition) is 2. The molecule has 2 aromatic heterocycles. The number of nitrogens with zero attached hydrogens (tertiary/aromatic N) is 2. The Morgan fingerprint density at radius 1 is 1.28 bits per heavy atom. The Labute approximate surface area is 104 Å². The van der Waals surface area contributed by atoms with Crippen LogP contribution in [-0.4, -0.2) is 15.1 Å². The lowest BCUT2D eigenvalue weighted by molar-refractivity contribution is 0.385. The number of aryl methyl sites for hydroxylation is 1. The number of aromatic nitrogens is 3. The molecule has 0 radical (unpaired) electrons. The maximum Gasteiger partial charge on any atom is 0.223 e. The van der Waals surface area contributed by atoms with Crippen molar-refractivity contribution in [1.82, 2.24) is 20.4 Å². The van der Waals surface area contributed by atoms with Crippen molar-refractivity contribution in [2.24, 2.45) is 0 Å². The Kier molecular flexibility index (Phi) is 2.82. The quantitative estimate of drug-likeness (QED) is 0.735. The van der Waals surface area contributed by atoms with Gasteiger partial charge in [0.05, 0.1) is 6.54 Å². The van der Waals surface area contributed by atoms with Crippen LogP contribution in [0.25, 0.3) is 10.9 Å². The molecular formula is C13H14N4O. The maximum absolute atomic E-state index is 4.92. The van der Waals surface area contributed by atoms with E-state index in [1.807, 2.05) is 12.3 Å². The molecule has 5 heteroatoms. The largest absolute Gasteiger partial charge is 0.361 e. The lowest BCUT2D eigenvalue weighted by atomic mass is 10.1. The van der Waals surface area contributed by atoms with Gasteiger partial charge in [-0.2, -0.15) is 4.98 Å². The number of rotatable bonds is 4. The van der Waals surface area contributed by atoms with E-state index in [-0.39, 0.29) is 0 Å². The third-order valence-electron chi connectivity index (χ3n) is 2.85. The van der Waals surface area contributed by atoms with Gasteiger partial charge in [-0.05, 0) is 17.7 Å². The Morgan fingerprint density at radius 2 is 2.22 bits per heavy atom. The zero-order chi connectivity index (χ0) is 12.4. The topological polar surface area (TPSA) is 66.7 Å². The van der Waals surface area contributed by atoms with Crippen molar-refractivity contribution in [3.8, 4) is 0 Å². The average Bonchev–Trinajstić information content (AvgIpc) is 2.98. The molecule has 5 nitrogen and oxygen atoms in total. The fourth-order valence-corrected chi connectivity index (χ4v) is 2.03. The highest BCUT2D eigenvalue weighted by Gasteiger charge is 2.03.